The van der Waals surface area contributed by atoms with Gasteiger partial charge in [0.1, 0.15) is 0 Å². The molecule has 0 spiro atoms. The van der Waals surface area contributed by atoms with Crippen LogP contribution >= 0.6 is 0 Å². The summed E-state index contributed by atoms with van der Waals surface area (Å²) in [5, 5.41) is 2.82. The van der Waals surface area contributed by atoms with E-state index >= 15 is 0 Å². The number of hydrogen-bond acceptors (Lipinski definition) is 2. The molecule has 1 heterocycles. The minimum atomic E-state index is -4.53. The lowest BCUT2D eigenvalue weighted by Crippen LogP contribution is -2.54. The zero-order valence-electron chi connectivity index (χ0n) is 13.7. The van der Waals surface area contributed by atoms with E-state index < -0.39 is 23.2 Å². The van der Waals surface area contributed by atoms with Gasteiger partial charge in [-0.3, -0.25) is 4.79 Å². The van der Waals surface area contributed by atoms with Crippen LogP contribution in [-0.4, -0.2) is 35.5 Å². The van der Waals surface area contributed by atoms with Crippen molar-refractivity contribution in [3.8, 4) is 0 Å². The Morgan fingerprint density at radius 2 is 1.78 bits per heavy atom. The Morgan fingerprint density at radius 3 is 2.30 bits per heavy atom. The van der Waals surface area contributed by atoms with Gasteiger partial charge in [-0.1, -0.05) is 12.1 Å². The maximum Gasteiger partial charge on any atom is 0.417 e. The molecular weight excluding hydrogens is 305 g/mol. The van der Waals surface area contributed by atoms with Crippen LogP contribution in [0.4, 0.5) is 13.2 Å². The molecule has 1 N–H and O–H groups in total. The average Bonchev–Trinajstić information content (AvgIpc) is 2.46. The smallest absolute Gasteiger partial charge is 0.347 e. The predicted molar refractivity (Wildman–Crippen MR) is 83.3 cm³/mol. The Kier molecular flexibility index (Phi) is 5.04. The highest BCUT2D eigenvalue weighted by Crippen LogP contribution is 2.32. The second-order valence-corrected chi connectivity index (χ2v) is 6.69. The molecule has 1 aliphatic rings. The minimum Gasteiger partial charge on any atom is -0.347 e. The van der Waals surface area contributed by atoms with Crippen LogP contribution in [0.25, 0.3) is 0 Å². The third kappa shape index (κ3) is 4.25. The van der Waals surface area contributed by atoms with Gasteiger partial charge in [0.25, 0.3) is 5.91 Å². The number of carbonyl (C=O) groups excluding carboxylic acids is 1. The second kappa shape index (κ2) is 6.51. The molecule has 23 heavy (non-hydrogen) atoms. The van der Waals surface area contributed by atoms with Crippen LogP contribution in [-0.2, 0) is 6.18 Å². The number of amides is 1. The van der Waals surface area contributed by atoms with Crippen molar-refractivity contribution in [1.29, 1.82) is 0 Å². The molecule has 0 atom stereocenters. The van der Waals surface area contributed by atoms with Crippen LogP contribution in [0.1, 0.15) is 49.5 Å². The summed E-state index contributed by atoms with van der Waals surface area (Å²) in [5.74, 6) is -0.654. The van der Waals surface area contributed by atoms with Gasteiger partial charge in [0.2, 0.25) is 0 Å². The molecule has 1 aliphatic heterocycles. The molecule has 0 unspecified atom stereocenters. The van der Waals surface area contributed by atoms with Crippen LogP contribution in [0.5, 0.6) is 0 Å². The first-order valence-corrected chi connectivity index (χ1v) is 7.85. The number of benzene rings is 1. The highest BCUT2D eigenvalue weighted by molar-refractivity contribution is 5.96. The summed E-state index contributed by atoms with van der Waals surface area (Å²) in [6, 6.07) is 5.35. The quantitative estimate of drug-likeness (QED) is 0.918. The van der Waals surface area contributed by atoms with Crippen molar-refractivity contribution in [2.45, 2.75) is 51.4 Å². The lowest BCUT2D eigenvalue weighted by molar-refractivity contribution is -0.138. The highest BCUT2D eigenvalue weighted by atomic mass is 19.4. The largest absolute Gasteiger partial charge is 0.417 e. The van der Waals surface area contributed by atoms with Crippen LogP contribution in [0, 0.1) is 0 Å². The van der Waals surface area contributed by atoms with Gasteiger partial charge in [-0.2, -0.15) is 13.2 Å². The molecule has 1 fully saturated rings. The fourth-order valence-corrected chi connectivity index (χ4v) is 2.93. The zero-order chi connectivity index (χ0) is 17.3. The van der Waals surface area contributed by atoms with Crippen molar-refractivity contribution in [1.82, 2.24) is 10.2 Å². The minimum absolute atomic E-state index is 0.312. The fraction of sp³-hybridized carbons (Fsp3) is 0.588. The molecule has 0 aliphatic carbocycles. The predicted octanol–water partition coefficient (Wildman–Crippen LogP) is 3.70. The number of halogens is 3. The third-order valence-corrected chi connectivity index (χ3v) is 4.52. The van der Waals surface area contributed by atoms with E-state index in [1.54, 1.807) is 0 Å². The zero-order valence-corrected chi connectivity index (χ0v) is 13.7. The van der Waals surface area contributed by atoms with Gasteiger partial charge in [0.05, 0.1) is 11.1 Å². The Bertz CT molecular complexity index is 561. The number of nitrogens with one attached hydrogen (secondary N) is 1. The van der Waals surface area contributed by atoms with E-state index in [1.165, 1.54) is 18.2 Å². The molecule has 3 nitrogen and oxygen atoms in total. The highest BCUT2D eigenvalue weighted by Gasteiger charge is 2.37. The van der Waals surface area contributed by atoms with Crippen molar-refractivity contribution >= 4 is 5.91 Å². The van der Waals surface area contributed by atoms with Gasteiger partial charge < -0.3 is 10.2 Å². The number of nitrogens with zero attached hydrogens (tertiary/aromatic N) is 1. The van der Waals surface area contributed by atoms with Crippen LogP contribution in [0.3, 0.4) is 0 Å². The molecule has 2 rings (SSSR count). The maximum atomic E-state index is 13.0. The number of rotatable bonds is 3. The molecule has 1 aromatic carbocycles. The lowest BCUT2D eigenvalue weighted by Gasteiger charge is -2.41. The summed E-state index contributed by atoms with van der Waals surface area (Å²) in [6.45, 7) is 7.78. The van der Waals surface area contributed by atoms with Crippen LogP contribution in [0.15, 0.2) is 24.3 Å². The van der Waals surface area contributed by atoms with E-state index in [0.29, 0.717) is 6.04 Å². The van der Waals surface area contributed by atoms with Gasteiger partial charge >= 0.3 is 6.18 Å². The monoisotopic (exact) mass is 328 g/mol. The summed E-state index contributed by atoms with van der Waals surface area (Å²) in [5.41, 5.74) is -1.67. The van der Waals surface area contributed by atoms with Crippen LogP contribution < -0.4 is 5.32 Å². The van der Waals surface area contributed by atoms with E-state index in [2.05, 4.69) is 24.1 Å². The van der Waals surface area contributed by atoms with E-state index in [0.717, 1.165) is 32.0 Å². The standard InChI is InChI=1S/C17H23F3N2O/c1-12(2)22-10-8-16(3,9-11-22)21-15(23)13-6-4-5-7-14(13)17(18,19)20/h4-7,12H,8-11H2,1-3H3,(H,21,23). The van der Waals surface area contributed by atoms with E-state index in [1.807, 2.05) is 6.92 Å². The molecule has 0 bridgehead atoms. The van der Waals surface area contributed by atoms with Gasteiger partial charge in [-0.15, -0.1) is 0 Å². The Labute approximate surface area is 134 Å². The first kappa shape index (κ1) is 17.8. The summed E-state index contributed by atoms with van der Waals surface area (Å²) < 4.78 is 39.1. The first-order chi connectivity index (χ1) is 10.6. The van der Waals surface area contributed by atoms with Crippen LogP contribution in [0.2, 0.25) is 0 Å². The van der Waals surface area contributed by atoms with E-state index in [4.69, 9.17) is 0 Å². The molecule has 0 radical (unpaired) electrons. The molecule has 0 aromatic heterocycles. The number of carbonyl (C=O) groups is 1. The molecule has 0 saturated carbocycles. The number of likely N-dealkylation sites (tertiary alicyclic amines) is 1. The molecular formula is C17H23F3N2O. The molecule has 1 amide bonds. The molecule has 128 valence electrons. The third-order valence-electron chi connectivity index (χ3n) is 4.52. The molecule has 1 saturated heterocycles. The van der Waals surface area contributed by atoms with E-state index in [-0.39, 0.29) is 5.56 Å². The van der Waals surface area contributed by atoms with Crippen molar-refractivity contribution in [3.05, 3.63) is 35.4 Å². The number of alkyl halides is 3. The van der Waals surface area contributed by atoms with Crippen molar-refractivity contribution in [3.63, 3.8) is 0 Å². The van der Waals surface area contributed by atoms with Gasteiger partial charge in [-0.05, 0) is 45.7 Å². The van der Waals surface area contributed by atoms with Crippen molar-refractivity contribution < 1.29 is 18.0 Å². The normalized spacial score (nSPS) is 18.9. The van der Waals surface area contributed by atoms with Gasteiger partial charge in [0.15, 0.2) is 0 Å². The SMILES string of the molecule is CC(C)N1CCC(C)(NC(=O)c2ccccc2C(F)(F)F)CC1. The first-order valence-electron chi connectivity index (χ1n) is 7.85. The van der Waals surface area contributed by atoms with Gasteiger partial charge in [0, 0.05) is 24.7 Å². The Morgan fingerprint density at radius 1 is 1.22 bits per heavy atom. The van der Waals surface area contributed by atoms with Crippen molar-refractivity contribution in [2.75, 3.05) is 13.1 Å². The molecule has 6 heteroatoms. The summed E-state index contributed by atoms with van der Waals surface area (Å²) in [7, 11) is 0. The second-order valence-electron chi connectivity index (χ2n) is 6.69. The summed E-state index contributed by atoms with van der Waals surface area (Å²) in [4.78, 5) is 14.7. The summed E-state index contributed by atoms with van der Waals surface area (Å²) in [6.07, 6.45) is -3.08. The average molecular weight is 328 g/mol. The lowest BCUT2D eigenvalue weighted by atomic mass is 9.88. The summed E-state index contributed by atoms with van der Waals surface area (Å²) >= 11 is 0. The van der Waals surface area contributed by atoms with Gasteiger partial charge in [-0.25, -0.2) is 0 Å². The van der Waals surface area contributed by atoms with Crippen molar-refractivity contribution in [2.24, 2.45) is 0 Å². The molecule has 1 aromatic rings. The van der Waals surface area contributed by atoms with E-state index in [9.17, 15) is 18.0 Å². The Hall–Kier alpha value is -1.56. The fourth-order valence-electron chi connectivity index (χ4n) is 2.93. The number of hydrogen-bond donors (Lipinski definition) is 1. The maximum absolute atomic E-state index is 13.0. The Balaban J connectivity index is 2.11. The number of piperidine rings is 1. The topological polar surface area (TPSA) is 32.3 Å².